The van der Waals surface area contributed by atoms with Crippen LogP contribution in [0.15, 0.2) is 29.3 Å². The van der Waals surface area contributed by atoms with E-state index in [9.17, 15) is 9.59 Å². The molecule has 29 heavy (non-hydrogen) atoms. The number of hydrogen-bond acceptors (Lipinski definition) is 5. The zero-order chi connectivity index (χ0) is 20.4. The highest BCUT2D eigenvalue weighted by Crippen LogP contribution is 2.33. The van der Waals surface area contributed by atoms with Crippen LogP contribution in [0.4, 0.5) is 5.69 Å². The summed E-state index contributed by atoms with van der Waals surface area (Å²) < 4.78 is 7.06. The lowest BCUT2D eigenvalue weighted by atomic mass is 9.97. The smallest absolute Gasteiger partial charge is 0.262 e. The van der Waals surface area contributed by atoms with Crippen LogP contribution in [0.25, 0.3) is 10.2 Å². The highest BCUT2D eigenvalue weighted by atomic mass is 35.5. The molecule has 1 N–H and O–H groups in total. The third kappa shape index (κ3) is 4.16. The van der Waals surface area contributed by atoms with Crippen molar-refractivity contribution in [2.24, 2.45) is 0 Å². The Kier molecular flexibility index (Phi) is 5.87. The van der Waals surface area contributed by atoms with Crippen LogP contribution >= 0.6 is 22.9 Å². The van der Waals surface area contributed by atoms with Crippen molar-refractivity contribution in [3.05, 3.63) is 50.3 Å². The number of carbonyl (C=O) groups is 1. The minimum absolute atomic E-state index is 0.0556. The number of aryl methyl sites for hydroxylation is 3. The van der Waals surface area contributed by atoms with Gasteiger partial charge in [0, 0.05) is 22.9 Å². The van der Waals surface area contributed by atoms with Crippen LogP contribution in [0.2, 0.25) is 5.02 Å². The summed E-state index contributed by atoms with van der Waals surface area (Å²) in [6.07, 6.45) is 5.94. The van der Waals surface area contributed by atoms with Crippen LogP contribution in [0.5, 0.6) is 5.75 Å². The quantitative estimate of drug-likeness (QED) is 0.627. The van der Waals surface area contributed by atoms with E-state index in [4.69, 9.17) is 16.3 Å². The first-order valence-corrected chi connectivity index (χ1v) is 11.0. The number of ether oxygens (including phenoxy) is 1. The van der Waals surface area contributed by atoms with Gasteiger partial charge in [0.1, 0.15) is 10.6 Å². The van der Waals surface area contributed by atoms with E-state index in [0.717, 1.165) is 35.0 Å². The Labute approximate surface area is 177 Å². The van der Waals surface area contributed by atoms with Crippen LogP contribution in [-0.2, 0) is 24.2 Å². The summed E-state index contributed by atoms with van der Waals surface area (Å²) in [5.41, 5.74) is 1.63. The van der Waals surface area contributed by atoms with Gasteiger partial charge in [-0.3, -0.25) is 14.2 Å². The number of benzene rings is 1. The Hall–Kier alpha value is -2.38. The number of rotatable bonds is 6. The number of halogens is 1. The molecule has 6 nitrogen and oxygen atoms in total. The van der Waals surface area contributed by atoms with E-state index in [-0.39, 0.29) is 24.4 Å². The summed E-state index contributed by atoms with van der Waals surface area (Å²) in [7, 11) is 0. The van der Waals surface area contributed by atoms with Gasteiger partial charge in [-0.15, -0.1) is 11.3 Å². The SMILES string of the molecule is CCOc1ccc(Cl)cc1NC(=O)CCn1cnc2sc3c(c2c1=O)CCCC3. The molecule has 0 radical (unpaired) electrons. The third-order valence-electron chi connectivity index (χ3n) is 5.04. The van der Waals surface area contributed by atoms with Crippen molar-refractivity contribution in [2.75, 3.05) is 11.9 Å². The second kappa shape index (κ2) is 8.55. The summed E-state index contributed by atoms with van der Waals surface area (Å²) in [6, 6.07) is 5.09. The van der Waals surface area contributed by atoms with Gasteiger partial charge in [0.25, 0.3) is 5.56 Å². The minimum Gasteiger partial charge on any atom is -0.492 e. The van der Waals surface area contributed by atoms with Crippen molar-refractivity contribution >= 4 is 44.7 Å². The van der Waals surface area contributed by atoms with Crippen LogP contribution in [0.3, 0.4) is 0 Å². The van der Waals surface area contributed by atoms with Crippen LogP contribution < -0.4 is 15.6 Å². The molecule has 152 valence electrons. The molecule has 0 saturated heterocycles. The molecule has 4 rings (SSSR count). The fraction of sp³-hybridized carbons (Fsp3) is 0.381. The molecule has 0 unspecified atom stereocenters. The first kappa shape index (κ1) is 19.9. The summed E-state index contributed by atoms with van der Waals surface area (Å²) in [6.45, 7) is 2.62. The van der Waals surface area contributed by atoms with Crippen molar-refractivity contribution in [1.82, 2.24) is 9.55 Å². The highest BCUT2D eigenvalue weighted by Gasteiger charge is 2.20. The topological polar surface area (TPSA) is 73.2 Å². The molecule has 0 aliphatic heterocycles. The maximum atomic E-state index is 13.0. The van der Waals surface area contributed by atoms with Gasteiger partial charge in [-0.05, 0) is 56.4 Å². The second-order valence-electron chi connectivity index (χ2n) is 7.01. The van der Waals surface area contributed by atoms with Gasteiger partial charge in [0.15, 0.2) is 0 Å². The van der Waals surface area contributed by atoms with E-state index < -0.39 is 0 Å². The van der Waals surface area contributed by atoms with Crippen molar-refractivity contribution in [1.29, 1.82) is 0 Å². The molecule has 3 aromatic rings. The van der Waals surface area contributed by atoms with Crippen molar-refractivity contribution in [2.45, 2.75) is 45.6 Å². The highest BCUT2D eigenvalue weighted by molar-refractivity contribution is 7.18. The largest absolute Gasteiger partial charge is 0.492 e. The molecule has 0 saturated carbocycles. The van der Waals surface area contributed by atoms with Gasteiger partial charge >= 0.3 is 0 Å². The lowest BCUT2D eigenvalue weighted by molar-refractivity contribution is -0.116. The minimum atomic E-state index is -0.215. The van der Waals surface area contributed by atoms with Gasteiger partial charge in [0.2, 0.25) is 5.91 Å². The number of nitrogens with zero attached hydrogens (tertiary/aromatic N) is 2. The van der Waals surface area contributed by atoms with E-state index in [1.54, 1.807) is 35.9 Å². The number of thiophene rings is 1. The molecule has 0 fully saturated rings. The zero-order valence-corrected chi connectivity index (χ0v) is 17.7. The monoisotopic (exact) mass is 431 g/mol. The summed E-state index contributed by atoms with van der Waals surface area (Å²) in [5, 5.41) is 4.07. The Morgan fingerprint density at radius 2 is 2.17 bits per heavy atom. The molecule has 2 heterocycles. The molecule has 8 heteroatoms. The Balaban J connectivity index is 1.50. The summed E-state index contributed by atoms with van der Waals surface area (Å²) in [5.74, 6) is 0.350. The standard InChI is InChI=1S/C21H22ClN3O3S/c1-2-28-16-8-7-13(22)11-15(16)24-18(26)9-10-25-12-23-20-19(21(25)27)14-5-3-4-6-17(14)29-20/h7-8,11-12H,2-6,9-10H2,1H3,(H,24,26). The number of carbonyl (C=O) groups excluding carboxylic acids is 1. The number of amides is 1. The third-order valence-corrected chi connectivity index (χ3v) is 6.47. The Morgan fingerprint density at radius 1 is 1.34 bits per heavy atom. The maximum absolute atomic E-state index is 13.0. The van der Waals surface area contributed by atoms with Gasteiger partial charge in [0.05, 0.1) is 24.0 Å². The van der Waals surface area contributed by atoms with E-state index in [0.29, 0.717) is 23.1 Å². The number of anilines is 1. The van der Waals surface area contributed by atoms with Gasteiger partial charge in [-0.2, -0.15) is 0 Å². The van der Waals surface area contributed by atoms with Crippen molar-refractivity contribution < 1.29 is 9.53 Å². The van der Waals surface area contributed by atoms with Gasteiger partial charge in [-0.1, -0.05) is 11.6 Å². The lowest BCUT2D eigenvalue weighted by Crippen LogP contribution is -2.24. The summed E-state index contributed by atoms with van der Waals surface area (Å²) >= 11 is 7.66. The van der Waals surface area contributed by atoms with Crippen molar-refractivity contribution in [3.63, 3.8) is 0 Å². The first-order valence-electron chi connectivity index (χ1n) is 9.78. The molecule has 0 atom stereocenters. The Morgan fingerprint density at radius 3 is 3.00 bits per heavy atom. The van der Waals surface area contributed by atoms with Crippen molar-refractivity contribution in [3.8, 4) is 5.75 Å². The molecule has 1 aliphatic rings. The first-order chi connectivity index (χ1) is 14.1. The van der Waals surface area contributed by atoms with E-state index in [1.807, 2.05) is 6.92 Å². The fourth-order valence-corrected chi connectivity index (χ4v) is 5.05. The molecule has 0 spiro atoms. The number of nitrogens with one attached hydrogen (secondary N) is 1. The molecule has 2 aromatic heterocycles. The maximum Gasteiger partial charge on any atom is 0.262 e. The lowest BCUT2D eigenvalue weighted by Gasteiger charge is -2.12. The van der Waals surface area contributed by atoms with Crippen LogP contribution in [0.1, 0.15) is 36.6 Å². The molecule has 1 aromatic carbocycles. The van der Waals surface area contributed by atoms with E-state index in [1.165, 1.54) is 15.9 Å². The number of aromatic nitrogens is 2. The van der Waals surface area contributed by atoms with Gasteiger partial charge in [-0.25, -0.2) is 4.98 Å². The molecule has 1 aliphatic carbocycles. The number of fused-ring (bicyclic) bond motifs is 3. The molecular weight excluding hydrogens is 410 g/mol. The fourth-order valence-electron chi connectivity index (χ4n) is 3.66. The van der Waals surface area contributed by atoms with Crippen LogP contribution in [-0.4, -0.2) is 22.1 Å². The summed E-state index contributed by atoms with van der Waals surface area (Å²) in [4.78, 5) is 32.0. The average Bonchev–Trinajstić information content (AvgIpc) is 3.09. The zero-order valence-electron chi connectivity index (χ0n) is 16.2. The number of hydrogen-bond donors (Lipinski definition) is 1. The van der Waals surface area contributed by atoms with E-state index >= 15 is 0 Å². The van der Waals surface area contributed by atoms with Crippen LogP contribution in [0, 0.1) is 0 Å². The predicted molar refractivity (Wildman–Crippen MR) is 116 cm³/mol. The molecule has 0 bridgehead atoms. The van der Waals surface area contributed by atoms with E-state index in [2.05, 4.69) is 10.3 Å². The second-order valence-corrected chi connectivity index (χ2v) is 8.53. The molecule has 1 amide bonds. The predicted octanol–water partition coefficient (Wildman–Crippen LogP) is 4.42. The molecular formula is C21H22ClN3O3S. The Bertz CT molecular complexity index is 1120. The average molecular weight is 432 g/mol. The normalized spacial score (nSPS) is 13.3. The van der Waals surface area contributed by atoms with Gasteiger partial charge < -0.3 is 10.1 Å².